The fraction of sp³-hybridized carbons (Fsp3) is 0.692. The second-order valence-corrected chi connectivity index (χ2v) is 4.55. The molecule has 1 aliphatic heterocycles. The van der Waals surface area contributed by atoms with Gasteiger partial charge in [-0.2, -0.15) is 4.98 Å². The molecule has 0 aromatic carbocycles. The Morgan fingerprint density at radius 3 is 3.06 bits per heavy atom. The summed E-state index contributed by atoms with van der Waals surface area (Å²) in [5.41, 5.74) is 0. The maximum absolute atomic E-state index is 5.75. The van der Waals surface area contributed by atoms with Crippen LogP contribution in [-0.4, -0.2) is 36.8 Å². The van der Waals surface area contributed by atoms with Gasteiger partial charge < -0.3 is 14.8 Å². The predicted molar refractivity (Wildman–Crippen MR) is 70.0 cm³/mol. The van der Waals surface area contributed by atoms with Gasteiger partial charge in [-0.15, -0.1) is 0 Å². The Morgan fingerprint density at radius 1 is 1.50 bits per heavy atom. The Kier molecular flexibility index (Phi) is 4.75. The number of anilines is 1. The molecule has 0 aliphatic carbocycles. The molecular formula is C13H21N3O2. The third-order valence-corrected chi connectivity index (χ3v) is 2.97. The lowest BCUT2D eigenvalue weighted by molar-refractivity contribution is 0.165. The Labute approximate surface area is 108 Å². The van der Waals surface area contributed by atoms with Crippen molar-refractivity contribution in [3.8, 4) is 5.88 Å². The van der Waals surface area contributed by atoms with Crippen LogP contribution in [-0.2, 0) is 11.2 Å². The van der Waals surface area contributed by atoms with Gasteiger partial charge in [0, 0.05) is 32.1 Å². The van der Waals surface area contributed by atoms with Crippen LogP contribution in [0.3, 0.4) is 0 Å². The highest BCUT2D eigenvalue weighted by atomic mass is 16.5. The van der Waals surface area contributed by atoms with Gasteiger partial charge in [-0.1, -0.05) is 6.92 Å². The van der Waals surface area contributed by atoms with E-state index in [-0.39, 0.29) is 0 Å². The van der Waals surface area contributed by atoms with Gasteiger partial charge in [-0.25, -0.2) is 4.98 Å². The largest absolute Gasteiger partial charge is 0.477 e. The molecule has 5 nitrogen and oxygen atoms in total. The van der Waals surface area contributed by atoms with E-state index < -0.39 is 0 Å². The van der Waals surface area contributed by atoms with E-state index in [4.69, 9.17) is 9.47 Å². The van der Waals surface area contributed by atoms with Crippen molar-refractivity contribution >= 4 is 5.82 Å². The summed E-state index contributed by atoms with van der Waals surface area (Å²) < 4.78 is 11.1. The van der Waals surface area contributed by atoms with Crippen molar-refractivity contribution in [2.24, 2.45) is 5.92 Å². The molecule has 2 heterocycles. The fourth-order valence-electron chi connectivity index (χ4n) is 1.93. The first-order valence-corrected chi connectivity index (χ1v) is 6.58. The highest BCUT2D eigenvalue weighted by Gasteiger charge is 2.16. The summed E-state index contributed by atoms with van der Waals surface area (Å²) >= 11 is 0. The van der Waals surface area contributed by atoms with E-state index in [9.17, 15) is 0 Å². The average Bonchev–Trinajstić information content (AvgIpc) is 2.89. The molecule has 1 aliphatic rings. The molecule has 18 heavy (non-hydrogen) atoms. The minimum Gasteiger partial charge on any atom is -0.477 e. The minimum absolute atomic E-state index is 0.493. The summed E-state index contributed by atoms with van der Waals surface area (Å²) in [4.78, 5) is 8.81. The second kappa shape index (κ2) is 6.54. The number of rotatable bonds is 6. The zero-order valence-corrected chi connectivity index (χ0v) is 11.1. The van der Waals surface area contributed by atoms with Crippen molar-refractivity contribution in [1.29, 1.82) is 0 Å². The molecule has 1 unspecified atom stereocenters. The quantitative estimate of drug-likeness (QED) is 0.836. The van der Waals surface area contributed by atoms with E-state index in [1.54, 1.807) is 0 Å². The van der Waals surface area contributed by atoms with Crippen molar-refractivity contribution in [3.05, 3.63) is 11.9 Å². The molecule has 1 aromatic rings. The highest BCUT2D eigenvalue weighted by molar-refractivity contribution is 5.37. The van der Waals surface area contributed by atoms with E-state index in [0.29, 0.717) is 18.4 Å². The molecule has 0 saturated carbocycles. The van der Waals surface area contributed by atoms with Crippen LogP contribution < -0.4 is 10.1 Å². The Hall–Kier alpha value is -1.36. The van der Waals surface area contributed by atoms with E-state index >= 15 is 0 Å². The summed E-state index contributed by atoms with van der Waals surface area (Å²) in [5.74, 6) is 2.80. The molecule has 5 heteroatoms. The topological polar surface area (TPSA) is 56.3 Å². The van der Waals surface area contributed by atoms with Crippen LogP contribution in [0.25, 0.3) is 0 Å². The molecule has 0 bridgehead atoms. The lowest BCUT2D eigenvalue weighted by Gasteiger charge is -2.11. The molecule has 2 rings (SSSR count). The summed E-state index contributed by atoms with van der Waals surface area (Å²) in [5, 5.41) is 3.04. The third-order valence-electron chi connectivity index (χ3n) is 2.97. The van der Waals surface area contributed by atoms with Crippen molar-refractivity contribution in [2.45, 2.75) is 26.2 Å². The van der Waals surface area contributed by atoms with Gasteiger partial charge in [0.1, 0.15) is 11.6 Å². The third kappa shape index (κ3) is 3.57. The molecular weight excluding hydrogens is 230 g/mol. The van der Waals surface area contributed by atoms with Crippen LogP contribution in [0.5, 0.6) is 5.88 Å². The Balaban J connectivity index is 1.98. The van der Waals surface area contributed by atoms with Gasteiger partial charge in [-0.3, -0.25) is 0 Å². The number of aromatic nitrogens is 2. The van der Waals surface area contributed by atoms with E-state index in [1.807, 2.05) is 13.1 Å². The number of aryl methyl sites for hydroxylation is 1. The molecule has 1 saturated heterocycles. The standard InChI is InChI=1S/C13H21N3O2/c1-3-4-11-15-12(14-2)7-13(16-11)18-9-10-5-6-17-8-10/h7,10H,3-6,8-9H2,1-2H3,(H,14,15,16). The normalized spacial score (nSPS) is 18.9. The van der Waals surface area contributed by atoms with Crippen LogP contribution >= 0.6 is 0 Å². The predicted octanol–water partition coefficient (Wildman–Crippen LogP) is 1.89. The fourth-order valence-corrected chi connectivity index (χ4v) is 1.93. The van der Waals surface area contributed by atoms with Gasteiger partial charge in [-0.05, 0) is 12.8 Å². The molecule has 0 amide bonds. The summed E-state index contributed by atoms with van der Waals surface area (Å²) in [6, 6.07) is 1.84. The number of hydrogen-bond donors (Lipinski definition) is 1. The smallest absolute Gasteiger partial charge is 0.218 e. The summed E-state index contributed by atoms with van der Waals surface area (Å²) in [7, 11) is 1.85. The average molecular weight is 251 g/mol. The van der Waals surface area contributed by atoms with Crippen molar-refractivity contribution < 1.29 is 9.47 Å². The van der Waals surface area contributed by atoms with Crippen molar-refractivity contribution in [1.82, 2.24) is 9.97 Å². The van der Waals surface area contributed by atoms with Crippen molar-refractivity contribution in [3.63, 3.8) is 0 Å². The second-order valence-electron chi connectivity index (χ2n) is 4.55. The van der Waals surface area contributed by atoms with Gasteiger partial charge in [0.15, 0.2) is 0 Å². The van der Waals surface area contributed by atoms with Gasteiger partial charge in [0.25, 0.3) is 0 Å². The first-order chi connectivity index (χ1) is 8.81. The van der Waals surface area contributed by atoms with Crippen LogP contribution in [0.1, 0.15) is 25.6 Å². The van der Waals surface area contributed by atoms with Gasteiger partial charge >= 0.3 is 0 Å². The zero-order valence-electron chi connectivity index (χ0n) is 11.1. The number of hydrogen-bond acceptors (Lipinski definition) is 5. The monoisotopic (exact) mass is 251 g/mol. The number of ether oxygens (including phenoxy) is 2. The summed E-state index contributed by atoms with van der Waals surface area (Å²) in [6.07, 6.45) is 2.98. The van der Waals surface area contributed by atoms with Crippen LogP contribution in [0.4, 0.5) is 5.82 Å². The highest BCUT2D eigenvalue weighted by Crippen LogP contribution is 2.17. The minimum atomic E-state index is 0.493. The lowest BCUT2D eigenvalue weighted by atomic mass is 10.1. The van der Waals surface area contributed by atoms with Crippen LogP contribution in [0.2, 0.25) is 0 Å². The van der Waals surface area contributed by atoms with Gasteiger partial charge in [0.2, 0.25) is 5.88 Å². The SMILES string of the molecule is CCCc1nc(NC)cc(OCC2CCOC2)n1. The van der Waals surface area contributed by atoms with E-state index in [1.165, 1.54) is 0 Å². The van der Waals surface area contributed by atoms with Crippen LogP contribution in [0, 0.1) is 5.92 Å². The first kappa shape index (κ1) is 13.1. The maximum Gasteiger partial charge on any atom is 0.218 e. The Bertz CT molecular complexity index is 378. The Morgan fingerprint density at radius 2 is 2.39 bits per heavy atom. The van der Waals surface area contributed by atoms with E-state index in [0.717, 1.165) is 44.1 Å². The molecule has 1 N–H and O–H groups in total. The summed E-state index contributed by atoms with van der Waals surface area (Å²) in [6.45, 7) is 4.43. The first-order valence-electron chi connectivity index (χ1n) is 6.58. The molecule has 1 aromatic heterocycles. The van der Waals surface area contributed by atoms with Crippen LogP contribution in [0.15, 0.2) is 6.07 Å². The maximum atomic E-state index is 5.75. The lowest BCUT2D eigenvalue weighted by Crippen LogP contribution is -2.13. The number of nitrogens with one attached hydrogen (secondary N) is 1. The molecule has 1 fully saturated rings. The van der Waals surface area contributed by atoms with Crippen molar-refractivity contribution in [2.75, 3.05) is 32.2 Å². The van der Waals surface area contributed by atoms with E-state index in [2.05, 4.69) is 22.2 Å². The zero-order chi connectivity index (χ0) is 12.8. The molecule has 100 valence electrons. The molecule has 1 atom stereocenters. The number of nitrogens with zero attached hydrogens (tertiary/aromatic N) is 2. The molecule has 0 radical (unpaired) electrons. The van der Waals surface area contributed by atoms with Gasteiger partial charge in [0.05, 0.1) is 13.2 Å². The molecule has 0 spiro atoms.